The number of rotatable bonds is 6. The zero-order chi connectivity index (χ0) is 25.0. The minimum atomic E-state index is -0.702. The summed E-state index contributed by atoms with van der Waals surface area (Å²) in [7, 11) is 0. The Balaban J connectivity index is 1.38. The van der Waals surface area contributed by atoms with Gasteiger partial charge in [-0.15, -0.1) is 11.3 Å². The number of Topliss-reactive ketones (excluding diaryl/α,β-unsaturated/α-hetero) is 1. The van der Waals surface area contributed by atoms with Gasteiger partial charge in [0.25, 0.3) is 5.91 Å². The third kappa shape index (κ3) is 3.63. The highest BCUT2D eigenvalue weighted by molar-refractivity contribution is 7.10. The topological polar surface area (TPSA) is 86.5 Å². The lowest BCUT2D eigenvalue weighted by Crippen LogP contribution is -2.33. The first-order chi connectivity index (χ1) is 17.4. The molecule has 1 atom stereocenters. The smallest absolute Gasteiger partial charge is 0.290 e. The van der Waals surface area contributed by atoms with E-state index in [-0.39, 0.29) is 11.3 Å². The number of carbonyl (C=O) groups excluding carboxylic acids is 2. The molecule has 5 aromatic rings. The lowest BCUT2D eigenvalue weighted by atomic mass is 9.98. The molecule has 0 bridgehead atoms. The van der Waals surface area contributed by atoms with Crippen molar-refractivity contribution in [2.75, 3.05) is 6.54 Å². The van der Waals surface area contributed by atoms with Gasteiger partial charge >= 0.3 is 0 Å². The number of amides is 1. The van der Waals surface area contributed by atoms with E-state index in [1.807, 2.05) is 48.8 Å². The van der Waals surface area contributed by atoms with Crippen LogP contribution >= 0.6 is 22.9 Å². The maximum absolute atomic E-state index is 13.7. The molecule has 0 spiro atoms. The first-order valence-electron chi connectivity index (χ1n) is 11.5. The summed E-state index contributed by atoms with van der Waals surface area (Å²) in [6.07, 6.45) is 2.50. The fraction of sp³-hybridized carbons (Fsp3) is 0.143. The zero-order valence-corrected chi connectivity index (χ0v) is 20.8. The van der Waals surface area contributed by atoms with Crippen molar-refractivity contribution >= 4 is 56.5 Å². The van der Waals surface area contributed by atoms with Crippen molar-refractivity contribution < 1.29 is 19.1 Å². The van der Waals surface area contributed by atoms with Gasteiger partial charge in [0.05, 0.1) is 5.57 Å². The molecule has 1 aliphatic rings. The van der Waals surface area contributed by atoms with E-state index in [4.69, 9.17) is 16.0 Å². The number of para-hydroxylation sites is 1. The summed E-state index contributed by atoms with van der Waals surface area (Å²) < 4.78 is 5.80. The highest BCUT2D eigenvalue weighted by Crippen LogP contribution is 2.43. The molecule has 4 heterocycles. The highest BCUT2D eigenvalue weighted by Gasteiger charge is 2.45. The van der Waals surface area contributed by atoms with Crippen molar-refractivity contribution in [2.24, 2.45) is 0 Å². The van der Waals surface area contributed by atoms with Crippen molar-refractivity contribution in [3.05, 3.63) is 104 Å². The van der Waals surface area contributed by atoms with Gasteiger partial charge in [-0.25, -0.2) is 0 Å². The van der Waals surface area contributed by atoms with E-state index in [9.17, 15) is 14.7 Å². The molecule has 8 heteroatoms. The molecular weight excluding hydrogens is 496 g/mol. The number of aryl methyl sites for hydroxylation is 1. The Labute approximate surface area is 215 Å². The average molecular weight is 517 g/mol. The molecule has 36 heavy (non-hydrogen) atoms. The van der Waals surface area contributed by atoms with Gasteiger partial charge < -0.3 is 19.4 Å². The van der Waals surface area contributed by atoms with E-state index < -0.39 is 23.5 Å². The van der Waals surface area contributed by atoms with Crippen LogP contribution in [-0.2, 0) is 11.2 Å². The summed E-state index contributed by atoms with van der Waals surface area (Å²) in [5.41, 5.74) is 3.58. The molecule has 0 aliphatic carbocycles. The number of halogens is 1. The van der Waals surface area contributed by atoms with Gasteiger partial charge in [-0.05, 0) is 66.2 Å². The molecule has 6 nitrogen and oxygen atoms in total. The van der Waals surface area contributed by atoms with Crippen LogP contribution in [0.5, 0.6) is 0 Å². The van der Waals surface area contributed by atoms with Crippen LogP contribution in [-0.4, -0.2) is 33.2 Å². The number of thiophene rings is 1. The number of hydrogen-bond donors (Lipinski definition) is 2. The van der Waals surface area contributed by atoms with E-state index in [1.54, 1.807) is 29.2 Å². The van der Waals surface area contributed by atoms with Gasteiger partial charge in [0, 0.05) is 38.9 Å². The molecule has 2 aromatic carbocycles. The van der Waals surface area contributed by atoms with Crippen LogP contribution in [0.15, 0.2) is 81.9 Å². The lowest BCUT2D eigenvalue weighted by Gasteiger charge is -2.26. The number of aliphatic hydroxyl groups is 1. The number of H-pyrrole nitrogens is 1. The molecule has 0 saturated heterocycles. The SMILES string of the molecule is Cc1ccsc1C1C(C(=O)c2cc3cc(Cl)ccc3o2)=C(O)C(=O)N1CCc1c[nH]c2ccccc12. The molecule has 180 valence electrons. The molecule has 0 radical (unpaired) electrons. The Hall–Kier alpha value is -3.81. The van der Waals surface area contributed by atoms with E-state index >= 15 is 0 Å². The summed E-state index contributed by atoms with van der Waals surface area (Å²) >= 11 is 7.55. The van der Waals surface area contributed by atoms with E-state index in [0.717, 1.165) is 26.9 Å². The number of ketones is 1. The number of furan rings is 1. The van der Waals surface area contributed by atoms with Crippen LogP contribution in [0.25, 0.3) is 21.9 Å². The second-order valence-corrected chi connectivity index (χ2v) is 10.2. The van der Waals surface area contributed by atoms with Crippen LogP contribution in [0.1, 0.15) is 32.6 Å². The average Bonchev–Trinajstić information content (AvgIpc) is 3.64. The van der Waals surface area contributed by atoms with Gasteiger partial charge in [-0.3, -0.25) is 9.59 Å². The van der Waals surface area contributed by atoms with Crippen LogP contribution in [0.2, 0.25) is 5.02 Å². The molecule has 1 aliphatic heterocycles. The Kier molecular flexibility index (Phi) is 5.47. The van der Waals surface area contributed by atoms with Crippen LogP contribution < -0.4 is 0 Å². The predicted octanol–water partition coefficient (Wildman–Crippen LogP) is 6.76. The van der Waals surface area contributed by atoms with Gasteiger partial charge in [-0.2, -0.15) is 0 Å². The summed E-state index contributed by atoms with van der Waals surface area (Å²) in [5.74, 6) is -1.55. The van der Waals surface area contributed by atoms with E-state index in [1.165, 1.54) is 11.3 Å². The number of nitrogens with zero attached hydrogens (tertiary/aromatic N) is 1. The predicted molar refractivity (Wildman–Crippen MR) is 141 cm³/mol. The van der Waals surface area contributed by atoms with Crippen LogP contribution in [0, 0.1) is 6.92 Å². The van der Waals surface area contributed by atoms with Gasteiger partial charge in [0.15, 0.2) is 11.5 Å². The third-order valence-corrected chi connectivity index (χ3v) is 8.00. The van der Waals surface area contributed by atoms with E-state index in [0.29, 0.717) is 29.0 Å². The molecule has 1 unspecified atom stereocenters. The monoisotopic (exact) mass is 516 g/mol. The van der Waals surface area contributed by atoms with Crippen molar-refractivity contribution in [2.45, 2.75) is 19.4 Å². The molecule has 3 aromatic heterocycles. The van der Waals surface area contributed by atoms with Gasteiger partial charge in [0.1, 0.15) is 11.6 Å². The van der Waals surface area contributed by atoms with Crippen LogP contribution in [0.3, 0.4) is 0 Å². The molecule has 0 saturated carbocycles. The quantitative estimate of drug-likeness (QED) is 0.244. The third-order valence-electron chi connectivity index (χ3n) is 6.70. The van der Waals surface area contributed by atoms with Crippen LogP contribution in [0.4, 0.5) is 0 Å². The summed E-state index contributed by atoms with van der Waals surface area (Å²) in [5, 5.41) is 15.2. The van der Waals surface area contributed by atoms with Crippen molar-refractivity contribution in [1.29, 1.82) is 0 Å². The Morgan fingerprint density at radius 3 is 2.83 bits per heavy atom. The number of aliphatic hydroxyl groups excluding tert-OH is 1. The molecule has 1 amide bonds. The minimum absolute atomic E-state index is 0.0367. The number of aromatic nitrogens is 1. The van der Waals surface area contributed by atoms with E-state index in [2.05, 4.69) is 4.98 Å². The van der Waals surface area contributed by atoms with Gasteiger partial charge in [0.2, 0.25) is 5.78 Å². The maximum atomic E-state index is 13.7. The number of benzene rings is 2. The Bertz CT molecular complexity index is 1690. The number of carbonyl (C=O) groups is 2. The Morgan fingerprint density at radius 1 is 1.19 bits per heavy atom. The molecule has 2 N–H and O–H groups in total. The second kappa shape index (κ2) is 8.69. The first kappa shape index (κ1) is 22.6. The fourth-order valence-corrected chi connectivity index (χ4v) is 6.12. The summed E-state index contributed by atoms with van der Waals surface area (Å²) in [6, 6.07) is 15.9. The normalized spacial score (nSPS) is 16.1. The molecule has 6 rings (SSSR count). The summed E-state index contributed by atoms with van der Waals surface area (Å²) in [4.78, 5) is 32.7. The first-order valence-corrected chi connectivity index (χ1v) is 12.7. The molecular formula is C28H21ClN2O4S. The second-order valence-electron chi connectivity index (χ2n) is 8.86. The van der Waals surface area contributed by atoms with Gasteiger partial charge in [-0.1, -0.05) is 29.8 Å². The van der Waals surface area contributed by atoms with Crippen molar-refractivity contribution in [3.8, 4) is 0 Å². The number of aromatic amines is 1. The molecule has 0 fully saturated rings. The standard InChI is InChI=1S/C28H21ClN2O4S/c1-15-9-11-36-27(15)24-23(25(32)22-13-17-12-18(29)6-7-21(17)35-22)26(33)28(34)31(24)10-8-16-14-30-20-5-3-2-4-19(16)20/h2-7,9,11-14,24,30,33H,8,10H2,1H3. The van der Waals surface area contributed by atoms with Crippen molar-refractivity contribution in [1.82, 2.24) is 9.88 Å². The largest absolute Gasteiger partial charge is 0.503 e. The minimum Gasteiger partial charge on any atom is -0.503 e. The summed E-state index contributed by atoms with van der Waals surface area (Å²) in [6.45, 7) is 2.27. The number of nitrogens with one attached hydrogen (secondary N) is 1. The Morgan fingerprint density at radius 2 is 2.03 bits per heavy atom. The number of hydrogen-bond acceptors (Lipinski definition) is 5. The fourth-order valence-electron chi connectivity index (χ4n) is 4.89. The highest BCUT2D eigenvalue weighted by atomic mass is 35.5. The van der Waals surface area contributed by atoms with Crippen molar-refractivity contribution in [3.63, 3.8) is 0 Å². The number of fused-ring (bicyclic) bond motifs is 2. The lowest BCUT2D eigenvalue weighted by molar-refractivity contribution is -0.129. The maximum Gasteiger partial charge on any atom is 0.290 e. The zero-order valence-electron chi connectivity index (χ0n) is 19.2.